The normalized spacial score (nSPS) is 11.6. The van der Waals surface area contributed by atoms with Crippen molar-refractivity contribution in [2.45, 2.75) is 9.79 Å². The Morgan fingerprint density at radius 1 is 1.13 bits per heavy atom. The van der Waals surface area contributed by atoms with Crippen LogP contribution in [-0.2, 0) is 9.84 Å². The number of aromatic nitrogens is 1. The number of H-pyrrole nitrogens is 1. The second-order valence-electron chi connectivity index (χ2n) is 4.85. The fraction of sp³-hybridized carbons (Fsp3) is 0.0625. The molecule has 3 rings (SSSR count). The minimum Gasteiger partial charge on any atom is -0.497 e. The Balaban J connectivity index is 2.26. The number of benzene rings is 2. The van der Waals surface area contributed by atoms with Crippen LogP contribution < -0.4 is 10.2 Å². The van der Waals surface area contributed by atoms with E-state index in [0.717, 1.165) is 12.3 Å². The van der Waals surface area contributed by atoms with Crippen LogP contribution in [-0.4, -0.2) is 20.5 Å². The summed E-state index contributed by atoms with van der Waals surface area (Å²) in [6, 6.07) is 9.39. The maximum absolute atomic E-state index is 13.3. The highest BCUT2D eigenvalue weighted by molar-refractivity contribution is 7.91. The number of hydrogen-bond acceptors (Lipinski definition) is 4. The molecular formula is C16H12FNO4S. The van der Waals surface area contributed by atoms with Gasteiger partial charge in [-0.15, -0.1) is 0 Å². The van der Waals surface area contributed by atoms with E-state index in [0.29, 0.717) is 11.3 Å². The molecule has 0 spiro atoms. The molecule has 5 nitrogen and oxygen atoms in total. The molecule has 0 bridgehead atoms. The number of rotatable bonds is 3. The Morgan fingerprint density at radius 3 is 2.65 bits per heavy atom. The topological polar surface area (TPSA) is 76.2 Å². The number of ether oxygens (including phenoxy) is 1. The number of fused-ring (bicyclic) bond motifs is 1. The van der Waals surface area contributed by atoms with E-state index in [4.69, 9.17) is 4.74 Å². The first-order valence-corrected chi connectivity index (χ1v) is 8.12. The van der Waals surface area contributed by atoms with Crippen LogP contribution in [0, 0.1) is 5.82 Å². The highest BCUT2D eigenvalue weighted by Gasteiger charge is 2.23. The number of aromatic amines is 1. The van der Waals surface area contributed by atoms with Gasteiger partial charge in [-0.05, 0) is 36.4 Å². The lowest BCUT2D eigenvalue weighted by atomic mass is 10.2. The molecule has 2 aromatic carbocycles. The van der Waals surface area contributed by atoms with Crippen molar-refractivity contribution < 1.29 is 17.5 Å². The maximum Gasteiger partial charge on any atom is 0.212 e. The van der Waals surface area contributed by atoms with E-state index >= 15 is 0 Å². The van der Waals surface area contributed by atoms with Gasteiger partial charge in [0.25, 0.3) is 0 Å². The Labute approximate surface area is 131 Å². The molecule has 0 radical (unpaired) electrons. The molecular weight excluding hydrogens is 321 g/mol. The van der Waals surface area contributed by atoms with E-state index in [2.05, 4.69) is 4.98 Å². The molecule has 0 aliphatic heterocycles. The van der Waals surface area contributed by atoms with E-state index in [1.807, 2.05) is 0 Å². The highest BCUT2D eigenvalue weighted by Crippen LogP contribution is 2.23. The zero-order chi connectivity index (χ0) is 16.6. The summed E-state index contributed by atoms with van der Waals surface area (Å²) < 4.78 is 43.7. The third-order valence-electron chi connectivity index (χ3n) is 3.45. The Bertz CT molecular complexity index is 1060. The monoisotopic (exact) mass is 333 g/mol. The van der Waals surface area contributed by atoms with Crippen LogP contribution >= 0.6 is 0 Å². The summed E-state index contributed by atoms with van der Waals surface area (Å²) in [6.45, 7) is 0. The molecule has 3 aromatic rings. The predicted octanol–water partition coefficient (Wildman–Crippen LogP) is 2.51. The van der Waals surface area contributed by atoms with Crippen LogP contribution in [0.5, 0.6) is 5.75 Å². The summed E-state index contributed by atoms with van der Waals surface area (Å²) in [5.74, 6) is -0.256. The van der Waals surface area contributed by atoms with Crippen LogP contribution in [0.15, 0.2) is 63.2 Å². The zero-order valence-electron chi connectivity index (χ0n) is 12.0. The molecule has 118 valence electrons. The molecule has 0 aliphatic rings. The van der Waals surface area contributed by atoms with E-state index in [9.17, 15) is 17.6 Å². The summed E-state index contributed by atoms with van der Waals surface area (Å²) in [7, 11) is -2.64. The van der Waals surface area contributed by atoms with Crippen LogP contribution in [0.4, 0.5) is 4.39 Å². The van der Waals surface area contributed by atoms with Crippen LogP contribution in [0.25, 0.3) is 10.9 Å². The molecule has 7 heteroatoms. The molecule has 0 fully saturated rings. The van der Waals surface area contributed by atoms with Crippen LogP contribution in [0.1, 0.15) is 0 Å². The van der Waals surface area contributed by atoms with Gasteiger partial charge in [-0.3, -0.25) is 4.79 Å². The minimum absolute atomic E-state index is 0.0195. The van der Waals surface area contributed by atoms with Gasteiger partial charge in [-0.1, -0.05) is 6.07 Å². The Morgan fingerprint density at radius 2 is 1.91 bits per heavy atom. The average Bonchev–Trinajstić information content (AvgIpc) is 2.55. The van der Waals surface area contributed by atoms with Gasteiger partial charge in [0, 0.05) is 17.1 Å². The van der Waals surface area contributed by atoms with Crippen molar-refractivity contribution in [2.24, 2.45) is 0 Å². The van der Waals surface area contributed by atoms with Crippen molar-refractivity contribution in [2.75, 3.05) is 7.11 Å². The van der Waals surface area contributed by atoms with E-state index in [1.54, 1.807) is 6.07 Å². The largest absolute Gasteiger partial charge is 0.497 e. The first-order chi connectivity index (χ1) is 10.9. The quantitative estimate of drug-likeness (QED) is 0.799. The second-order valence-corrected chi connectivity index (χ2v) is 6.77. The zero-order valence-corrected chi connectivity index (χ0v) is 12.9. The van der Waals surface area contributed by atoms with E-state index < -0.39 is 26.0 Å². The van der Waals surface area contributed by atoms with Gasteiger partial charge < -0.3 is 9.72 Å². The van der Waals surface area contributed by atoms with Crippen molar-refractivity contribution in [1.29, 1.82) is 0 Å². The molecule has 23 heavy (non-hydrogen) atoms. The highest BCUT2D eigenvalue weighted by atomic mass is 32.2. The number of sulfone groups is 1. The van der Waals surface area contributed by atoms with Crippen molar-refractivity contribution in [3.63, 3.8) is 0 Å². The van der Waals surface area contributed by atoms with Crippen LogP contribution in [0.2, 0.25) is 0 Å². The molecule has 1 heterocycles. The van der Waals surface area contributed by atoms with E-state index in [1.165, 1.54) is 37.4 Å². The number of hydrogen-bond donors (Lipinski definition) is 1. The standard InChI is InChI=1S/C16H12FNO4S/c1-22-11-3-2-4-12(8-11)23(20,21)15-9-18-14-6-5-10(17)7-13(14)16(15)19/h2-9H,1H3,(H,18,19). The van der Waals surface area contributed by atoms with Gasteiger partial charge in [-0.25, -0.2) is 12.8 Å². The van der Waals surface area contributed by atoms with Crippen molar-refractivity contribution >= 4 is 20.7 Å². The molecule has 0 saturated heterocycles. The van der Waals surface area contributed by atoms with Gasteiger partial charge >= 0.3 is 0 Å². The summed E-state index contributed by atoms with van der Waals surface area (Å²) in [4.78, 5) is 14.7. The lowest BCUT2D eigenvalue weighted by molar-refractivity contribution is 0.413. The number of pyridine rings is 1. The molecule has 0 unspecified atom stereocenters. The number of nitrogens with one attached hydrogen (secondary N) is 1. The van der Waals surface area contributed by atoms with Gasteiger partial charge in [0.2, 0.25) is 15.3 Å². The van der Waals surface area contributed by atoms with Crippen molar-refractivity contribution in [1.82, 2.24) is 4.98 Å². The maximum atomic E-state index is 13.3. The third-order valence-corrected chi connectivity index (χ3v) is 5.21. The number of halogens is 1. The second kappa shape index (κ2) is 5.51. The van der Waals surface area contributed by atoms with Crippen LogP contribution in [0.3, 0.4) is 0 Å². The molecule has 1 N–H and O–H groups in total. The average molecular weight is 333 g/mol. The lowest BCUT2D eigenvalue weighted by Crippen LogP contribution is -2.16. The lowest BCUT2D eigenvalue weighted by Gasteiger charge is -2.07. The van der Waals surface area contributed by atoms with E-state index in [-0.39, 0.29) is 10.3 Å². The Hall–Kier alpha value is -2.67. The molecule has 0 atom stereocenters. The van der Waals surface area contributed by atoms with Crippen molar-refractivity contribution in [3.8, 4) is 5.75 Å². The number of methoxy groups -OCH3 is 1. The van der Waals surface area contributed by atoms with Gasteiger partial charge in [0.1, 0.15) is 16.5 Å². The van der Waals surface area contributed by atoms with Gasteiger partial charge in [0.15, 0.2) is 0 Å². The molecule has 1 aromatic heterocycles. The predicted molar refractivity (Wildman–Crippen MR) is 83.0 cm³/mol. The fourth-order valence-electron chi connectivity index (χ4n) is 2.27. The third kappa shape index (κ3) is 2.59. The minimum atomic E-state index is -4.05. The molecule has 0 aliphatic carbocycles. The first kappa shape index (κ1) is 15.2. The first-order valence-electron chi connectivity index (χ1n) is 6.63. The molecule has 0 amide bonds. The smallest absolute Gasteiger partial charge is 0.212 e. The SMILES string of the molecule is COc1cccc(S(=O)(=O)c2c[nH]c3ccc(F)cc3c2=O)c1. The summed E-state index contributed by atoms with van der Waals surface area (Å²) in [5, 5.41) is -0.0195. The van der Waals surface area contributed by atoms with Gasteiger partial charge in [-0.2, -0.15) is 0 Å². The summed E-state index contributed by atoms with van der Waals surface area (Å²) >= 11 is 0. The summed E-state index contributed by atoms with van der Waals surface area (Å²) in [5.41, 5.74) is -0.387. The summed E-state index contributed by atoms with van der Waals surface area (Å²) in [6.07, 6.45) is 1.12. The van der Waals surface area contributed by atoms with Gasteiger partial charge in [0.05, 0.1) is 12.0 Å². The molecule has 0 saturated carbocycles. The van der Waals surface area contributed by atoms with Crippen molar-refractivity contribution in [3.05, 3.63) is 64.7 Å². The fourth-order valence-corrected chi connectivity index (χ4v) is 3.62. The Kier molecular flexibility index (Phi) is 3.65.